The minimum atomic E-state index is -0.210. The van der Waals surface area contributed by atoms with Crippen LogP contribution in [-0.2, 0) is 19.1 Å². The molecule has 0 bridgehead atoms. The van der Waals surface area contributed by atoms with E-state index in [1.807, 2.05) is 0 Å². The van der Waals surface area contributed by atoms with Gasteiger partial charge in [0, 0.05) is 19.3 Å². The molecule has 0 heterocycles. The van der Waals surface area contributed by atoms with Crippen LogP contribution in [0, 0.1) is 0 Å². The lowest BCUT2D eigenvalue weighted by Gasteiger charge is -2.21. The second-order valence-corrected chi connectivity index (χ2v) is 16.1. The molecule has 0 aromatic rings. The summed E-state index contributed by atoms with van der Waals surface area (Å²) in [5.41, 5.74) is 0. The van der Waals surface area contributed by atoms with Gasteiger partial charge in [0.25, 0.3) is 0 Å². The SMILES string of the molecule is CCCCCCCCC=CCCCCCCCC(=O)OCCN(C(=O)CCCCCCCCCCCCC)C(=O)CCCCCCCCCCCCC. The van der Waals surface area contributed by atoms with E-state index in [4.69, 9.17) is 4.74 Å². The topological polar surface area (TPSA) is 63.7 Å². The van der Waals surface area contributed by atoms with Crippen molar-refractivity contribution in [3.8, 4) is 0 Å². The van der Waals surface area contributed by atoms with Crippen molar-refractivity contribution in [3.63, 3.8) is 0 Å². The smallest absolute Gasteiger partial charge is 0.305 e. The standard InChI is InChI=1S/C48H91NO4/c1-4-7-10-13-16-19-22-23-24-25-28-31-34-37-40-43-48(52)53-45-44-49(46(50)41-38-35-32-29-26-20-17-14-11-8-5-2)47(51)42-39-36-33-30-27-21-18-15-12-9-6-3/h23-24H,4-22,25-45H2,1-3H3. The molecule has 0 unspecified atom stereocenters. The van der Waals surface area contributed by atoms with Crippen molar-refractivity contribution in [1.29, 1.82) is 0 Å². The maximum atomic E-state index is 13.2. The number of hydrogen-bond acceptors (Lipinski definition) is 4. The Balaban J connectivity index is 4.31. The molecule has 53 heavy (non-hydrogen) atoms. The van der Waals surface area contributed by atoms with E-state index in [1.165, 1.54) is 165 Å². The van der Waals surface area contributed by atoms with Gasteiger partial charge in [-0.05, 0) is 44.9 Å². The fourth-order valence-electron chi connectivity index (χ4n) is 7.20. The number of allylic oxidation sites excluding steroid dienone is 2. The first-order valence-corrected chi connectivity index (χ1v) is 23.7. The van der Waals surface area contributed by atoms with Crippen molar-refractivity contribution in [3.05, 3.63) is 12.2 Å². The minimum Gasteiger partial charge on any atom is -0.464 e. The van der Waals surface area contributed by atoms with Crippen LogP contribution in [0.2, 0.25) is 0 Å². The summed E-state index contributed by atoms with van der Waals surface area (Å²) < 4.78 is 5.52. The van der Waals surface area contributed by atoms with E-state index < -0.39 is 0 Å². The Morgan fingerprint density at radius 3 is 1.00 bits per heavy atom. The average Bonchev–Trinajstić information content (AvgIpc) is 3.16. The highest BCUT2D eigenvalue weighted by atomic mass is 16.5. The van der Waals surface area contributed by atoms with Crippen molar-refractivity contribution in [1.82, 2.24) is 4.90 Å². The van der Waals surface area contributed by atoms with Crippen LogP contribution >= 0.6 is 0 Å². The third kappa shape index (κ3) is 38.4. The fraction of sp³-hybridized carbons (Fsp3) is 0.896. The van der Waals surface area contributed by atoms with Gasteiger partial charge in [-0.1, -0.05) is 213 Å². The molecule has 312 valence electrons. The van der Waals surface area contributed by atoms with Crippen LogP contribution in [0.1, 0.15) is 265 Å². The van der Waals surface area contributed by atoms with Gasteiger partial charge in [0.05, 0.1) is 6.54 Å². The molecule has 0 aromatic heterocycles. The number of unbranched alkanes of at least 4 members (excludes halogenated alkanes) is 31. The number of esters is 1. The minimum absolute atomic E-state index is 0.0951. The molecule has 0 aliphatic heterocycles. The number of carbonyl (C=O) groups excluding carboxylic acids is 3. The molecular weight excluding hydrogens is 655 g/mol. The molecule has 2 amide bonds. The van der Waals surface area contributed by atoms with Gasteiger partial charge >= 0.3 is 5.97 Å². The predicted octanol–water partition coefficient (Wildman–Crippen LogP) is 15.3. The summed E-state index contributed by atoms with van der Waals surface area (Å²) in [6, 6.07) is 0. The lowest BCUT2D eigenvalue weighted by molar-refractivity contribution is -0.151. The van der Waals surface area contributed by atoms with Crippen molar-refractivity contribution in [2.45, 2.75) is 265 Å². The molecule has 0 atom stereocenters. The van der Waals surface area contributed by atoms with Crippen LogP contribution in [0.4, 0.5) is 0 Å². The molecule has 0 aliphatic carbocycles. The van der Waals surface area contributed by atoms with E-state index in [9.17, 15) is 14.4 Å². The van der Waals surface area contributed by atoms with E-state index in [-0.39, 0.29) is 30.9 Å². The van der Waals surface area contributed by atoms with E-state index in [0.717, 1.165) is 64.2 Å². The lowest BCUT2D eigenvalue weighted by atomic mass is 10.0. The van der Waals surface area contributed by atoms with Crippen molar-refractivity contribution >= 4 is 17.8 Å². The third-order valence-electron chi connectivity index (χ3n) is 10.8. The molecule has 0 aromatic carbocycles. The second-order valence-electron chi connectivity index (χ2n) is 16.1. The van der Waals surface area contributed by atoms with E-state index in [0.29, 0.717) is 19.3 Å². The number of hydrogen-bond donors (Lipinski definition) is 0. The lowest BCUT2D eigenvalue weighted by Crippen LogP contribution is -2.39. The Hall–Kier alpha value is -1.65. The molecule has 0 rings (SSSR count). The number of imide groups is 1. The van der Waals surface area contributed by atoms with Gasteiger partial charge in [0.1, 0.15) is 6.61 Å². The summed E-state index contributed by atoms with van der Waals surface area (Å²) in [7, 11) is 0. The zero-order valence-electron chi connectivity index (χ0n) is 36.0. The number of nitrogens with zero attached hydrogens (tertiary/aromatic N) is 1. The summed E-state index contributed by atoms with van der Waals surface area (Å²) in [5, 5.41) is 0. The van der Waals surface area contributed by atoms with Crippen LogP contribution in [-0.4, -0.2) is 35.8 Å². The van der Waals surface area contributed by atoms with Gasteiger partial charge in [-0.2, -0.15) is 0 Å². The number of ether oxygens (including phenoxy) is 1. The van der Waals surface area contributed by atoms with Crippen molar-refractivity contribution < 1.29 is 19.1 Å². The molecule has 0 saturated heterocycles. The van der Waals surface area contributed by atoms with E-state index >= 15 is 0 Å². The number of amides is 2. The highest BCUT2D eigenvalue weighted by molar-refractivity contribution is 5.95. The number of rotatable bonds is 42. The normalized spacial score (nSPS) is 11.5. The number of carbonyl (C=O) groups is 3. The maximum Gasteiger partial charge on any atom is 0.305 e. The summed E-state index contributed by atoms with van der Waals surface area (Å²) in [4.78, 5) is 40.3. The molecule has 0 aliphatic rings. The Morgan fingerprint density at radius 2 is 0.660 bits per heavy atom. The monoisotopic (exact) mass is 746 g/mol. The maximum absolute atomic E-state index is 13.2. The second kappa shape index (κ2) is 43.1. The van der Waals surface area contributed by atoms with Gasteiger partial charge in [0.2, 0.25) is 11.8 Å². The highest BCUT2D eigenvalue weighted by Crippen LogP contribution is 2.16. The Bertz CT molecular complexity index is 786. The summed E-state index contributed by atoms with van der Waals surface area (Å²) in [6.45, 7) is 7.08. The van der Waals surface area contributed by atoms with Gasteiger partial charge in [0.15, 0.2) is 0 Å². The van der Waals surface area contributed by atoms with Gasteiger partial charge in [-0.15, -0.1) is 0 Å². The third-order valence-corrected chi connectivity index (χ3v) is 10.8. The molecule has 5 heteroatoms. The Labute approximate surface area is 331 Å². The molecule has 0 spiro atoms. The summed E-state index contributed by atoms with van der Waals surface area (Å²) >= 11 is 0. The Morgan fingerprint density at radius 1 is 0.377 bits per heavy atom. The van der Waals surface area contributed by atoms with Crippen molar-refractivity contribution in [2.75, 3.05) is 13.2 Å². The van der Waals surface area contributed by atoms with Crippen LogP contribution < -0.4 is 0 Å². The predicted molar refractivity (Wildman–Crippen MR) is 229 cm³/mol. The van der Waals surface area contributed by atoms with Gasteiger partial charge < -0.3 is 4.74 Å². The highest BCUT2D eigenvalue weighted by Gasteiger charge is 2.21. The summed E-state index contributed by atoms with van der Waals surface area (Å²) in [6.07, 6.45) is 49.0. The van der Waals surface area contributed by atoms with Gasteiger partial charge in [-0.3, -0.25) is 19.3 Å². The van der Waals surface area contributed by atoms with Crippen LogP contribution in [0.25, 0.3) is 0 Å². The quantitative estimate of drug-likeness (QED) is 0.0354. The van der Waals surface area contributed by atoms with Crippen molar-refractivity contribution in [2.24, 2.45) is 0 Å². The first-order chi connectivity index (χ1) is 26.1. The largest absolute Gasteiger partial charge is 0.464 e. The molecule has 0 N–H and O–H groups in total. The summed E-state index contributed by atoms with van der Waals surface area (Å²) in [5.74, 6) is -0.400. The zero-order chi connectivity index (χ0) is 38.7. The Kier molecular flexibility index (Phi) is 41.7. The van der Waals surface area contributed by atoms with Gasteiger partial charge in [-0.25, -0.2) is 0 Å². The van der Waals surface area contributed by atoms with Crippen LogP contribution in [0.3, 0.4) is 0 Å². The van der Waals surface area contributed by atoms with Crippen LogP contribution in [0.15, 0.2) is 12.2 Å². The van der Waals surface area contributed by atoms with Crippen LogP contribution in [0.5, 0.6) is 0 Å². The average molecular weight is 746 g/mol. The van der Waals surface area contributed by atoms with E-state index in [2.05, 4.69) is 32.9 Å². The molecule has 0 radical (unpaired) electrons. The van der Waals surface area contributed by atoms with E-state index in [1.54, 1.807) is 0 Å². The molecule has 5 nitrogen and oxygen atoms in total. The zero-order valence-corrected chi connectivity index (χ0v) is 36.0. The molecular formula is C48H91NO4. The first kappa shape index (κ1) is 51.4. The first-order valence-electron chi connectivity index (χ1n) is 23.7. The molecule has 0 fully saturated rings. The fourth-order valence-corrected chi connectivity index (χ4v) is 7.20. The molecule has 0 saturated carbocycles.